The van der Waals surface area contributed by atoms with Gasteiger partial charge in [-0.1, -0.05) is 36.9 Å². The summed E-state index contributed by atoms with van der Waals surface area (Å²) in [6.07, 6.45) is 7.32. The number of terminal acetylenes is 1. The van der Waals surface area contributed by atoms with Gasteiger partial charge in [0, 0.05) is 6.54 Å². The van der Waals surface area contributed by atoms with Crippen molar-refractivity contribution in [3.8, 4) is 12.3 Å². The molecule has 0 aliphatic rings. The van der Waals surface area contributed by atoms with E-state index in [0.29, 0.717) is 6.54 Å². The highest BCUT2D eigenvalue weighted by atomic mass is 35.5. The molecule has 0 spiro atoms. The van der Waals surface area contributed by atoms with E-state index in [1.54, 1.807) is 12.1 Å². The Labute approximate surface area is 101 Å². The molecule has 1 unspecified atom stereocenters. The van der Waals surface area contributed by atoms with Gasteiger partial charge in [-0.05, 0) is 24.1 Å². The standard InChI is InChI=1S/C13H15ClFN/c1-3-5-11(4-2)16-9-10-6-7-12(14)13(15)8-10/h2,6-8,11,16H,3,5,9H2,1H3. The lowest BCUT2D eigenvalue weighted by atomic mass is 10.1. The molecule has 1 N–H and O–H groups in total. The minimum Gasteiger partial charge on any atom is -0.300 e. The summed E-state index contributed by atoms with van der Waals surface area (Å²) in [6, 6.07) is 4.81. The first-order valence-corrected chi connectivity index (χ1v) is 5.68. The minimum absolute atomic E-state index is 0.0451. The van der Waals surface area contributed by atoms with Crippen molar-refractivity contribution < 1.29 is 4.39 Å². The van der Waals surface area contributed by atoms with Gasteiger partial charge in [0.15, 0.2) is 0 Å². The van der Waals surface area contributed by atoms with E-state index < -0.39 is 5.82 Å². The monoisotopic (exact) mass is 239 g/mol. The molecule has 0 aliphatic carbocycles. The smallest absolute Gasteiger partial charge is 0.142 e. The average Bonchev–Trinajstić information content (AvgIpc) is 2.28. The van der Waals surface area contributed by atoms with Crippen molar-refractivity contribution in [2.24, 2.45) is 0 Å². The van der Waals surface area contributed by atoms with Gasteiger partial charge < -0.3 is 0 Å². The molecule has 0 heterocycles. The van der Waals surface area contributed by atoms with Gasteiger partial charge in [0.25, 0.3) is 0 Å². The van der Waals surface area contributed by atoms with Crippen LogP contribution < -0.4 is 5.32 Å². The summed E-state index contributed by atoms with van der Waals surface area (Å²) in [4.78, 5) is 0. The van der Waals surface area contributed by atoms with Crippen LogP contribution in [0, 0.1) is 18.2 Å². The first-order valence-electron chi connectivity index (χ1n) is 5.30. The van der Waals surface area contributed by atoms with E-state index in [9.17, 15) is 4.39 Å². The van der Waals surface area contributed by atoms with Gasteiger partial charge in [-0.15, -0.1) is 6.42 Å². The van der Waals surface area contributed by atoms with Gasteiger partial charge in [-0.2, -0.15) is 0 Å². The van der Waals surface area contributed by atoms with Crippen molar-refractivity contribution in [1.82, 2.24) is 5.32 Å². The lowest BCUT2D eigenvalue weighted by Crippen LogP contribution is -2.26. The molecule has 3 heteroatoms. The molecule has 0 saturated carbocycles. The number of halogens is 2. The third kappa shape index (κ3) is 3.84. The van der Waals surface area contributed by atoms with E-state index in [2.05, 4.69) is 18.2 Å². The van der Waals surface area contributed by atoms with E-state index in [4.69, 9.17) is 18.0 Å². The number of rotatable bonds is 5. The average molecular weight is 240 g/mol. The molecule has 1 atom stereocenters. The predicted molar refractivity (Wildman–Crippen MR) is 65.8 cm³/mol. The number of benzene rings is 1. The van der Waals surface area contributed by atoms with Crippen LogP contribution in [-0.2, 0) is 6.54 Å². The summed E-state index contributed by atoms with van der Waals surface area (Å²) in [5.74, 6) is 2.27. The van der Waals surface area contributed by atoms with Gasteiger partial charge in [-0.25, -0.2) is 4.39 Å². The lowest BCUT2D eigenvalue weighted by molar-refractivity contribution is 0.559. The third-order valence-electron chi connectivity index (χ3n) is 2.32. The van der Waals surface area contributed by atoms with Crippen LogP contribution >= 0.6 is 11.6 Å². The minimum atomic E-state index is -0.395. The Kier molecular flexibility index (Phi) is 5.31. The second kappa shape index (κ2) is 6.52. The SMILES string of the molecule is C#CC(CCC)NCc1ccc(Cl)c(F)c1. The summed E-state index contributed by atoms with van der Waals surface area (Å²) >= 11 is 5.59. The molecule has 1 rings (SSSR count). The van der Waals surface area contributed by atoms with E-state index in [1.165, 1.54) is 6.07 Å². The van der Waals surface area contributed by atoms with Crippen molar-refractivity contribution in [3.63, 3.8) is 0 Å². The fraction of sp³-hybridized carbons (Fsp3) is 0.385. The van der Waals surface area contributed by atoms with Crippen LogP contribution in [0.4, 0.5) is 4.39 Å². The molecule has 0 fully saturated rings. The Balaban J connectivity index is 2.54. The summed E-state index contributed by atoms with van der Waals surface area (Å²) < 4.78 is 13.1. The van der Waals surface area contributed by atoms with E-state index in [0.717, 1.165) is 18.4 Å². The molecular formula is C13H15ClFN. The Morgan fingerprint density at radius 2 is 2.31 bits per heavy atom. The molecule has 16 heavy (non-hydrogen) atoms. The van der Waals surface area contributed by atoms with Crippen molar-refractivity contribution in [2.75, 3.05) is 0 Å². The van der Waals surface area contributed by atoms with Crippen LogP contribution in [-0.4, -0.2) is 6.04 Å². The van der Waals surface area contributed by atoms with Crippen molar-refractivity contribution in [3.05, 3.63) is 34.6 Å². The van der Waals surface area contributed by atoms with E-state index in [-0.39, 0.29) is 11.1 Å². The molecule has 1 aromatic carbocycles. The van der Waals surface area contributed by atoms with Crippen LogP contribution in [0.15, 0.2) is 18.2 Å². The van der Waals surface area contributed by atoms with Gasteiger partial charge in [0.05, 0.1) is 11.1 Å². The maximum Gasteiger partial charge on any atom is 0.142 e. The summed E-state index contributed by atoms with van der Waals surface area (Å²) in [7, 11) is 0. The zero-order valence-corrected chi connectivity index (χ0v) is 10.0. The van der Waals surface area contributed by atoms with Gasteiger partial charge in [0.2, 0.25) is 0 Å². The molecule has 0 aliphatic heterocycles. The van der Waals surface area contributed by atoms with Crippen LogP contribution in [0.25, 0.3) is 0 Å². The summed E-state index contributed by atoms with van der Waals surface area (Å²) in [6.45, 7) is 2.64. The maximum atomic E-state index is 13.1. The Morgan fingerprint density at radius 1 is 1.56 bits per heavy atom. The van der Waals surface area contributed by atoms with Crippen LogP contribution in [0.3, 0.4) is 0 Å². The highest BCUT2D eigenvalue weighted by Gasteiger charge is 2.04. The number of nitrogens with one attached hydrogen (secondary N) is 1. The molecule has 0 aromatic heterocycles. The van der Waals surface area contributed by atoms with Gasteiger partial charge >= 0.3 is 0 Å². The van der Waals surface area contributed by atoms with Crippen molar-refractivity contribution >= 4 is 11.6 Å². The molecule has 0 saturated heterocycles. The Hall–Kier alpha value is -1.04. The number of hydrogen-bond donors (Lipinski definition) is 1. The van der Waals surface area contributed by atoms with Crippen LogP contribution in [0.2, 0.25) is 5.02 Å². The molecule has 0 bridgehead atoms. The molecule has 0 radical (unpaired) electrons. The summed E-state index contributed by atoms with van der Waals surface area (Å²) in [5, 5.41) is 3.33. The first kappa shape index (κ1) is 13.0. The van der Waals surface area contributed by atoms with Gasteiger partial charge in [0.1, 0.15) is 5.82 Å². The topological polar surface area (TPSA) is 12.0 Å². The zero-order valence-electron chi connectivity index (χ0n) is 9.26. The quantitative estimate of drug-likeness (QED) is 0.777. The largest absolute Gasteiger partial charge is 0.300 e. The van der Waals surface area contributed by atoms with Gasteiger partial charge in [-0.3, -0.25) is 5.32 Å². The lowest BCUT2D eigenvalue weighted by Gasteiger charge is -2.11. The second-order valence-corrected chi connectivity index (χ2v) is 4.04. The van der Waals surface area contributed by atoms with Crippen molar-refractivity contribution in [1.29, 1.82) is 0 Å². The fourth-order valence-corrected chi connectivity index (χ4v) is 1.54. The van der Waals surface area contributed by atoms with E-state index in [1.807, 2.05) is 0 Å². The highest BCUT2D eigenvalue weighted by molar-refractivity contribution is 6.30. The molecule has 0 amide bonds. The van der Waals surface area contributed by atoms with Crippen molar-refractivity contribution in [2.45, 2.75) is 32.4 Å². The molecule has 1 nitrogen and oxygen atoms in total. The summed E-state index contributed by atoms with van der Waals surface area (Å²) in [5.41, 5.74) is 0.846. The molecule has 1 aromatic rings. The van der Waals surface area contributed by atoms with Crippen LogP contribution in [0.5, 0.6) is 0 Å². The van der Waals surface area contributed by atoms with E-state index >= 15 is 0 Å². The second-order valence-electron chi connectivity index (χ2n) is 3.64. The zero-order chi connectivity index (χ0) is 12.0. The number of hydrogen-bond acceptors (Lipinski definition) is 1. The highest BCUT2D eigenvalue weighted by Crippen LogP contribution is 2.15. The predicted octanol–water partition coefficient (Wildman–Crippen LogP) is 3.37. The fourth-order valence-electron chi connectivity index (χ4n) is 1.42. The maximum absolute atomic E-state index is 13.1. The first-order chi connectivity index (χ1) is 7.67. The molecule has 86 valence electrons. The normalized spacial score (nSPS) is 12.1. The molecular weight excluding hydrogens is 225 g/mol. The Bertz CT molecular complexity index is 384. The van der Waals surface area contributed by atoms with Crippen LogP contribution in [0.1, 0.15) is 25.3 Å². The third-order valence-corrected chi connectivity index (χ3v) is 2.62. The Morgan fingerprint density at radius 3 is 2.88 bits per heavy atom.